The molecule has 0 saturated carbocycles. The van der Waals surface area contributed by atoms with Crippen molar-refractivity contribution < 1.29 is 9.18 Å². The van der Waals surface area contributed by atoms with E-state index in [1.54, 1.807) is 30.3 Å². The fourth-order valence-corrected chi connectivity index (χ4v) is 2.48. The molecule has 0 saturated heterocycles. The number of carbonyl (C=O) groups is 1. The topological polar surface area (TPSA) is 17.1 Å². The molecular formula is C14H8BrCl2FO. The molecule has 0 fully saturated rings. The maximum Gasteiger partial charge on any atom is 0.168 e. The number of benzene rings is 2. The van der Waals surface area contributed by atoms with E-state index in [1.165, 1.54) is 6.07 Å². The number of halogens is 4. The molecule has 0 amide bonds. The van der Waals surface area contributed by atoms with Gasteiger partial charge in [0, 0.05) is 16.5 Å². The van der Waals surface area contributed by atoms with Gasteiger partial charge >= 0.3 is 0 Å². The largest absolute Gasteiger partial charge is 0.294 e. The molecule has 98 valence electrons. The van der Waals surface area contributed by atoms with Crippen molar-refractivity contribution in [3.8, 4) is 0 Å². The first-order chi connectivity index (χ1) is 8.99. The van der Waals surface area contributed by atoms with Crippen LogP contribution in [0.4, 0.5) is 4.39 Å². The van der Waals surface area contributed by atoms with Gasteiger partial charge < -0.3 is 0 Å². The van der Waals surface area contributed by atoms with E-state index in [2.05, 4.69) is 15.9 Å². The summed E-state index contributed by atoms with van der Waals surface area (Å²) in [5, 5.41) is 0.506. The predicted molar refractivity (Wildman–Crippen MR) is 78.6 cm³/mol. The van der Waals surface area contributed by atoms with Crippen LogP contribution in [0.15, 0.2) is 40.9 Å². The average Bonchev–Trinajstić information content (AvgIpc) is 2.37. The molecule has 0 N–H and O–H groups in total. The molecule has 1 nitrogen and oxygen atoms in total. The van der Waals surface area contributed by atoms with E-state index in [4.69, 9.17) is 23.2 Å². The van der Waals surface area contributed by atoms with Crippen LogP contribution in [0.1, 0.15) is 15.9 Å². The van der Waals surface area contributed by atoms with E-state index in [-0.39, 0.29) is 17.2 Å². The average molecular weight is 362 g/mol. The number of rotatable bonds is 3. The molecule has 0 spiro atoms. The van der Waals surface area contributed by atoms with Crippen molar-refractivity contribution in [2.45, 2.75) is 6.42 Å². The Bertz CT molecular complexity index is 643. The van der Waals surface area contributed by atoms with Gasteiger partial charge in [-0.3, -0.25) is 4.79 Å². The van der Waals surface area contributed by atoms with Gasteiger partial charge in [-0.25, -0.2) is 4.39 Å². The van der Waals surface area contributed by atoms with Crippen LogP contribution in [0, 0.1) is 5.82 Å². The second-order valence-corrected chi connectivity index (χ2v) is 5.64. The molecule has 0 unspecified atom stereocenters. The standard InChI is InChI=1S/C14H8BrCl2FO/c15-9-4-5-12(18)8(6-9)7-13(19)10-2-1-3-11(16)14(10)17/h1-6H,7H2. The highest BCUT2D eigenvalue weighted by Gasteiger charge is 2.15. The molecule has 0 heterocycles. The summed E-state index contributed by atoms with van der Waals surface area (Å²) in [5.74, 6) is -0.695. The zero-order valence-corrected chi connectivity index (χ0v) is 12.7. The first kappa shape index (κ1) is 14.5. The van der Waals surface area contributed by atoms with Crippen molar-refractivity contribution in [2.24, 2.45) is 0 Å². The van der Waals surface area contributed by atoms with Crippen LogP contribution in [0.3, 0.4) is 0 Å². The fraction of sp³-hybridized carbons (Fsp3) is 0.0714. The van der Waals surface area contributed by atoms with Gasteiger partial charge in [0.2, 0.25) is 0 Å². The molecule has 5 heteroatoms. The smallest absolute Gasteiger partial charge is 0.168 e. The molecule has 0 aliphatic carbocycles. The first-order valence-electron chi connectivity index (χ1n) is 5.40. The zero-order chi connectivity index (χ0) is 14.0. The lowest BCUT2D eigenvalue weighted by molar-refractivity contribution is 0.0992. The molecule has 2 aromatic carbocycles. The zero-order valence-electron chi connectivity index (χ0n) is 9.59. The third kappa shape index (κ3) is 3.35. The van der Waals surface area contributed by atoms with Crippen LogP contribution in [0.2, 0.25) is 10.0 Å². The van der Waals surface area contributed by atoms with E-state index in [9.17, 15) is 9.18 Å². The highest BCUT2D eigenvalue weighted by Crippen LogP contribution is 2.27. The van der Waals surface area contributed by atoms with Gasteiger partial charge in [0.1, 0.15) is 5.82 Å². The minimum absolute atomic E-state index is 0.0642. The third-order valence-corrected chi connectivity index (χ3v) is 3.92. The number of carbonyl (C=O) groups excluding carboxylic acids is 1. The summed E-state index contributed by atoms with van der Waals surface area (Å²) in [4.78, 5) is 12.1. The SMILES string of the molecule is O=C(Cc1cc(Br)ccc1F)c1cccc(Cl)c1Cl. The highest BCUT2D eigenvalue weighted by molar-refractivity contribution is 9.10. The lowest BCUT2D eigenvalue weighted by Gasteiger charge is -2.06. The van der Waals surface area contributed by atoms with Crippen molar-refractivity contribution in [3.05, 3.63) is 67.9 Å². The first-order valence-corrected chi connectivity index (χ1v) is 6.95. The molecule has 0 aliphatic rings. The minimum Gasteiger partial charge on any atom is -0.294 e. The van der Waals surface area contributed by atoms with Gasteiger partial charge in [0.25, 0.3) is 0 Å². The molecule has 2 aromatic rings. The van der Waals surface area contributed by atoms with Gasteiger partial charge in [-0.2, -0.15) is 0 Å². The number of hydrogen-bond donors (Lipinski definition) is 0. The van der Waals surface area contributed by atoms with Crippen LogP contribution in [-0.2, 0) is 6.42 Å². The minimum atomic E-state index is -0.422. The van der Waals surface area contributed by atoms with Gasteiger partial charge in [0.05, 0.1) is 10.0 Å². The molecule has 0 aromatic heterocycles. The Balaban J connectivity index is 2.31. The van der Waals surface area contributed by atoms with Crippen molar-refractivity contribution in [1.29, 1.82) is 0 Å². The maximum absolute atomic E-state index is 13.6. The summed E-state index contributed by atoms with van der Waals surface area (Å²) >= 11 is 15.1. The third-order valence-electron chi connectivity index (χ3n) is 2.61. The molecule has 0 aliphatic heterocycles. The van der Waals surface area contributed by atoms with Gasteiger partial charge in [-0.05, 0) is 35.9 Å². The second kappa shape index (κ2) is 6.04. The number of Topliss-reactive ketones (excluding diaryl/α,β-unsaturated/α-hetero) is 1. The monoisotopic (exact) mass is 360 g/mol. The van der Waals surface area contributed by atoms with E-state index in [1.807, 2.05) is 0 Å². The van der Waals surface area contributed by atoms with Crippen molar-refractivity contribution in [2.75, 3.05) is 0 Å². The lowest BCUT2D eigenvalue weighted by Crippen LogP contribution is -2.06. The molecule has 19 heavy (non-hydrogen) atoms. The second-order valence-electron chi connectivity index (χ2n) is 3.94. The molecule has 0 bridgehead atoms. The summed E-state index contributed by atoms with van der Waals surface area (Å²) < 4.78 is 14.3. The number of hydrogen-bond acceptors (Lipinski definition) is 1. The lowest BCUT2D eigenvalue weighted by atomic mass is 10.0. The van der Waals surface area contributed by atoms with Crippen LogP contribution >= 0.6 is 39.1 Å². The quantitative estimate of drug-likeness (QED) is 0.676. The Morgan fingerprint density at radius 2 is 1.95 bits per heavy atom. The summed E-state index contributed by atoms with van der Waals surface area (Å²) in [5.41, 5.74) is 0.615. The molecule has 2 rings (SSSR count). The van der Waals surface area contributed by atoms with Crippen LogP contribution < -0.4 is 0 Å². The molecular weight excluding hydrogens is 354 g/mol. The summed E-state index contributed by atoms with van der Waals surface area (Å²) in [6.07, 6.45) is -0.0642. The Kier molecular flexibility index (Phi) is 4.61. The summed E-state index contributed by atoms with van der Waals surface area (Å²) in [7, 11) is 0. The van der Waals surface area contributed by atoms with Gasteiger partial charge in [-0.15, -0.1) is 0 Å². The van der Waals surface area contributed by atoms with Crippen LogP contribution in [-0.4, -0.2) is 5.78 Å². The maximum atomic E-state index is 13.6. The summed E-state index contributed by atoms with van der Waals surface area (Å²) in [6.45, 7) is 0. The Labute approximate surface area is 128 Å². The van der Waals surface area contributed by atoms with E-state index >= 15 is 0 Å². The van der Waals surface area contributed by atoms with Crippen LogP contribution in [0.5, 0.6) is 0 Å². The van der Waals surface area contributed by atoms with Crippen molar-refractivity contribution in [3.63, 3.8) is 0 Å². The fourth-order valence-electron chi connectivity index (χ4n) is 1.67. The van der Waals surface area contributed by atoms with Crippen molar-refractivity contribution >= 4 is 44.9 Å². The van der Waals surface area contributed by atoms with E-state index in [0.717, 1.165) is 0 Å². The Morgan fingerprint density at radius 1 is 1.21 bits per heavy atom. The van der Waals surface area contributed by atoms with Gasteiger partial charge in [-0.1, -0.05) is 45.2 Å². The molecule has 0 atom stereocenters. The van der Waals surface area contributed by atoms with E-state index < -0.39 is 5.82 Å². The summed E-state index contributed by atoms with van der Waals surface area (Å²) in [6, 6.07) is 9.28. The normalized spacial score (nSPS) is 10.5. The highest BCUT2D eigenvalue weighted by atomic mass is 79.9. The Morgan fingerprint density at radius 3 is 2.68 bits per heavy atom. The van der Waals surface area contributed by atoms with Crippen molar-refractivity contribution in [1.82, 2.24) is 0 Å². The van der Waals surface area contributed by atoms with Gasteiger partial charge in [0.15, 0.2) is 5.78 Å². The number of ketones is 1. The van der Waals surface area contributed by atoms with E-state index in [0.29, 0.717) is 20.6 Å². The molecule has 0 radical (unpaired) electrons. The van der Waals surface area contributed by atoms with Crippen LogP contribution in [0.25, 0.3) is 0 Å². The Hall–Kier alpha value is -0.900. The predicted octanol–water partition coefficient (Wildman–Crippen LogP) is 5.32.